The highest BCUT2D eigenvalue weighted by molar-refractivity contribution is 5.46. The molecule has 0 aliphatic heterocycles. The molecular formula is C15H28N4. The molecule has 1 N–H and O–H groups in total. The van der Waals surface area contributed by atoms with E-state index in [2.05, 4.69) is 61.2 Å². The molecule has 1 rings (SSSR count). The van der Waals surface area contributed by atoms with Crippen LogP contribution in [0.3, 0.4) is 0 Å². The van der Waals surface area contributed by atoms with Crippen LogP contribution in [0.15, 0.2) is 12.3 Å². The van der Waals surface area contributed by atoms with Gasteiger partial charge in [-0.3, -0.25) is 0 Å². The Kier molecular flexibility index (Phi) is 6.81. The Bertz CT molecular complexity index is 376. The lowest BCUT2D eigenvalue weighted by atomic mass is 10.2. The van der Waals surface area contributed by atoms with Crippen LogP contribution in [0.5, 0.6) is 0 Å². The van der Waals surface area contributed by atoms with Crippen molar-refractivity contribution in [2.24, 2.45) is 0 Å². The lowest BCUT2D eigenvalue weighted by molar-refractivity contribution is 0.416. The Morgan fingerprint density at radius 2 is 1.95 bits per heavy atom. The number of hydrogen-bond acceptors (Lipinski definition) is 4. The summed E-state index contributed by atoms with van der Waals surface area (Å²) in [4.78, 5) is 9.01. The van der Waals surface area contributed by atoms with Crippen LogP contribution >= 0.6 is 0 Å². The van der Waals surface area contributed by atoms with Gasteiger partial charge in [0.15, 0.2) is 0 Å². The van der Waals surface area contributed by atoms with Crippen LogP contribution in [0, 0.1) is 6.92 Å². The molecule has 0 spiro atoms. The quantitative estimate of drug-likeness (QED) is 0.727. The van der Waals surface area contributed by atoms with Gasteiger partial charge in [0.1, 0.15) is 5.82 Å². The molecule has 0 bridgehead atoms. The van der Waals surface area contributed by atoms with E-state index in [-0.39, 0.29) is 0 Å². The summed E-state index contributed by atoms with van der Waals surface area (Å²) in [6, 6.07) is 2.23. The predicted octanol–water partition coefficient (Wildman–Crippen LogP) is 1.89. The molecule has 1 heterocycles. The first-order valence-corrected chi connectivity index (χ1v) is 7.06. The highest BCUT2D eigenvalue weighted by Gasteiger charge is 2.07. The second-order valence-corrected chi connectivity index (χ2v) is 5.39. The maximum atomic E-state index is 4.60. The topological polar surface area (TPSA) is 31.4 Å². The Balaban J connectivity index is 2.60. The largest absolute Gasteiger partial charge is 0.358 e. The molecule has 0 amide bonds. The molecule has 108 valence electrons. The van der Waals surface area contributed by atoms with Gasteiger partial charge in [-0.1, -0.05) is 6.92 Å². The number of pyridine rings is 1. The van der Waals surface area contributed by atoms with Gasteiger partial charge in [-0.2, -0.15) is 0 Å². The number of hydrogen-bond donors (Lipinski definition) is 1. The molecule has 0 fully saturated rings. The van der Waals surface area contributed by atoms with Gasteiger partial charge < -0.3 is 15.1 Å². The van der Waals surface area contributed by atoms with Crippen molar-refractivity contribution in [2.75, 3.05) is 45.7 Å². The second kappa shape index (κ2) is 8.12. The molecule has 0 radical (unpaired) electrons. The van der Waals surface area contributed by atoms with Crippen LogP contribution in [0.4, 0.5) is 5.82 Å². The standard InChI is InChI=1S/C15H28N4/c1-6-7-16-11-14-10-13(2)15(17-12-14)19(5)9-8-18(3)4/h10,12,16H,6-9,11H2,1-5H3. The number of aryl methyl sites for hydroxylation is 1. The summed E-state index contributed by atoms with van der Waals surface area (Å²) >= 11 is 0. The number of nitrogens with one attached hydrogen (secondary N) is 1. The molecule has 0 saturated carbocycles. The first-order valence-electron chi connectivity index (χ1n) is 7.06. The molecular weight excluding hydrogens is 236 g/mol. The highest BCUT2D eigenvalue weighted by atomic mass is 15.2. The van der Waals surface area contributed by atoms with E-state index in [0.717, 1.165) is 38.4 Å². The summed E-state index contributed by atoms with van der Waals surface area (Å²) in [7, 11) is 6.29. The monoisotopic (exact) mass is 264 g/mol. The van der Waals surface area contributed by atoms with E-state index in [0.29, 0.717) is 0 Å². The summed E-state index contributed by atoms with van der Waals surface area (Å²) in [6.07, 6.45) is 3.15. The maximum Gasteiger partial charge on any atom is 0.131 e. The van der Waals surface area contributed by atoms with Crippen molar-refractivity contribution in [1.82, 2.24) is 15.2 Å². The second-order valence-electron chi connectivity index (χ2n) is 5.39. The van der Waals surface area contributed by atoms with Gasteiger partial charge in [0.05, 0.1) is 0 Å². The molecule has 1 aromatic rings. The van der Waals surface area contributed by atoms with Crippen molar-refractivity contribution in [3.8, 4) is 0 Å². The molecule has 0 unspecified atom stereocenters. The molecule has 4 heteroatoms. The van der Waals surface area contributed by atoms with Crippen molar-refractivity contribution in [2.45, 2.75) is 26.8 Å². The Morgan fingerprint density at radius 3 is 2.53 bits per heavy atom. The summed E-state index contributed by atoms with van der Waals surface area (Å²) in [5, 5.41) is 3.41. The Labute approximate surface area is 117 Å². The maximum absolute atomic E-state index is 4.60. The van der Waals surface area contributed by atoms with E-state index in [1.807, 2.05) is 6.20 Å². The van der Waals surface area contributed by atoms with E-state index in [9.17, 15) is 0 Å². The van der Waals surface area contributed by atoms with Gasteiger partial charge in [0.25, 0.3) is 0 Å². The van der Waals surface area contributed by atoms with Crippen molar-refractivity contribution >= 4 is 5.82 Å². The van der Waals surface area contributed by atoms with E-state index >= 15 is 0 Å². The third-order valence-electron chi connectivity index (χ3n) is 3.11. The minimum atomic E-state index is 0.906. The zero-order valence-corrected chi connectivity index (χ0v) is 13.0. The number of anilines is 1. The Morgan fingerprint density at radius 1 is 1.21 bits per heavy atom. The van der Waals surface area contributed by atoms with Crippen LogP contribution in [0.2, 0.25) is 0 Å². The van der Waals surface area contributed by atoms with Crippen LogP contribution in [0.1, 0.15) is 24.5 Å². The van der Waals surface area contributed by atoms with E-state index in [4.69, 9.17) is 0 Å². The SMILES string of the molecule is CCCNCc1cnc(N(C)CCN(C)C)c(C)c1. The van der Waals surface area contributed by atoms with E-state index in [1.54, 1.807) is 0 Å². The lowest BCUT2D eigenvalue weighted by Crippen LogP contribution is -2.29. The summed E-state index contributed by atoms with van der Waals surface area (Å²) in [5.41, 5.74) is 2.51. The minimum Gasteiger partial charge on any atom is -0.358 e. The van der Waals surface area contributed by atoms with Crippen LogP contribution in [-0.4, -0.2) is 50.7 Å². The van der Waals surface area contributed by atoms with Gasteiger partial charge in [-0.15, -0.1) is 0 Å². The molecule has 0 aromatic carbocycles. The summed E-state index contributed by atoms with van der Waals surface area (Å²) in [5.74, 6) is 1.08. The average Bonchev–Trinajstić information content (AvgIpc) is 2.36. The van der Waals surface area contributed by atoms with E-state index in [1.165, 1.54) is 11.1 Å². The third kappa shape index (κ3) is 5.57. The van der Waals surface area contributed by atoms with Crippen molar-refractivity contribution in [1.29, 1.82) is 0 Å². The van der Waals surface area contributed by atoms with Crippen molar-refractivity contribution < 1.29 is 0 Å². The first-order chi connectivity index (χ1) is 9.04. The summed E-state index contributed by atoms with van der Waals surface area (Å²) < 4.78 is 0. The van der Waals surface area contributed by atoms with Crippen LogP contribution in [-0.2, 0) is 6.54 Å². The lowest BCUT2D eigenvalue weighted by Gasteiger charge is -2.22. The van der Waals surface area contributed by atoms with Crippen LogP contribution in [0.25, 0.3) is 0 Å². The molecule has 1 aromatic heterocycles. The number of nitrogens with zero attached hydrogens (tertiary/aromatic N) is 3. The van der Waals surface area contributed by atoms with Gasteiger partial charge in [0.2, 0.25) is 0 Å². The number of rotatable bonds is 8. The van der Waals surface area contributed by atoms with Crippen molar-refractivity contribution in [3.05, 3.63) is 23.4 Å². The zero-order chi connectivity index (χ0) is 14.3. The number of aromatic nitrogens is 1. The van der Waals surface area contributed by atoms with Crippen LogP contribution < -0.4 is 10.2 Å². The smallest absolute Gasteiger partial charge is 0.131 e. The van der Waals surface area contributed by atoms with Gasteiger partial charge in [-0.05, 0) is 51.2 Å². The Hall–Kier alpha value is -1.13. The normalized spacial score (nSPS) is 11.1. The van der Waals surface area contributed by atoms with Gasteiger partial charge >= 0.3 is 0 Å². The molecule has 19 heavy (non-hydrogen) atoms. The average molecular weight is 264 g/mol. The first kappa shape index (κ1) is 15.9. The molecule has 0 aliphatic carbocycles. The highest BCUT2D eigenvalue weighted by Crippen LogP contribution is 2.16. The van der Waals surface area contributed by atoms with Gasteiger partial charge in [-0.25, -0.2) is 4.98 Å². The molecule has 0 atom stereocenters. The third-order valence-corrected chi connectivity index (χ3v) is 3.11. The zero-order valence-electron chi connectivity index (χ0n) is 13.0. The van der Waals surface area contributed by atoms with E-state index < -0.39 is 0 Å². The molecule has 0 aliphatic rings. The fourth-order valence-corrected chi connectivity index (χ4v) is 1.99. The minimum absolute atomic E-state index is 0.906. The fraction of sp³-hybridized carbons (Fsp3) is 0.667. The van der Waals surface area contributed by atoms with Crippen molar-refractivity contribution in [3.63, 3.8) is 0 Å². The molecule has 4 nitrogen and oxygen atoms in total. The predicted molar refractivity (Wildman–Crippen MR) is 82.8 cm³/mol. The summed E-state index contributed by atoms with van der Waals surface area (Å²) in [6.45, 7) is 8.32. The number of likely N-dealkylation sites (N-methyl/N-ethyl adjacent to an activating group) is 2. The van der Waals surface area contributed by atoms with Gasteiger partial charge in [0, 0.05) is 32.9 Å². The molecule has 0 saturated heterocycles. The fourth-order valence-electron chi connectivity index (χ4n) is 1.99.